The Morgan fingerprint density at radius 2 is 1.77 bits per heavy atom. The average Bonchev–Trinajstić information content (AvgIpc) is 2.52. The van der Waals surface area contributed by atoms with E-state index in [-0.39, 0.29) is 11.6 Å². The van der Waals surface area contributed by atoms with Crippen molar-refractivity contribution in [1.82, 2.24) is 10.2 Å². The zero-order chi connectivity index (χ0) is 15.9. The van der Waals surface area contributed by atoms with E-state index in [9.17, 15) is 13.2 Å². The van der Waals surface area contributed by atoms with Gasteiger partial charge in [0.15, 0.2) is 11.6 Å². The molecule has 1 aromatic carbocycles. The molecule has 0 aliphatic carbocycles. The Morgan fingerprint density at radius 1 is 1.09 bits per heavy atom. The normalized spacial score (nSPS) is 17.4. The van der Waals surface area contributed by atoms with E-state index in [0.29, 0.717) is 6.07 Å². The molecular formula is C17H23F3N2. The summed E-state index contributed by atoms with van der Waals surface area (Å²) in [4.78, 5) is 2.15. The van der Waals surface area contributed by atoms with Gasteiger partial charge in [-0.1, -0.05) is 12.5 Å². The van der Waals surface area contributed by atoms with Gasteiger partial charge in [0.05, 0.1) is 0 Å². The van der Waals surface area contributed by atoms with Crippen molar-refractivity contribution in [3.63, 3.8) is 0 Å². The molecule has 2 rings (SSSR count). The lowest BCUT2D eigenvalue weighted by Gasteiger charge is -2.35. The van der Waals surface area contributed by atoms with Gasteiger partial charge in [-0.25, -0.2) is 13.2 Å². The largest absolute Gasteiger partial charge is 0.314 e. The van der Waals surface area contributed by atoms with Gasteiger partial charge in [-0.3, -0.25) is 4.90 Å². The molecule has 1 aliphatic heterocycles. The van der Waals surface area contributed by atoms with E-state index in [0.717, 1.165) is 57.9 Å². The fourth-order valence-electron chi connectivity index (χ4n) is 2.95. The lowest BCUT2D eigenvalue weighted by molar-refractivity contribution is 0.159. The van der Waals surface area contributed by atoms with Gasteiger partial charge in [0.1, 0.15) is 5.82 Å². The number of allylic oxidation sites excluding steroid dienone is 1. The molecule has 1 saturated heterocycles. The van der Waals surface area contributed by atoms with Crippen LogP contribution in [0.15, 0.2) is 24.8 Å². The maximum absolute atomic E-state index is 14.1. The molecule has 22 heavy (non-hydrogen) atoms. The highest BCUT2D eigenvalue weighted by Crippen LogP contribution is 2.30. The van der Waals surface area contributed by atoms with Crippen molar-refractivity contribution in [3.05, 3.63) is 47.8 Å². The van der Waals surface area contributed by atoms with Crippen molar-refractivity contribution in [2.75, 3.05) is 26.2 Å². The highest BCUT2D eigenvalue weighted by atomic mass is 19.2. The summed E-state index contributed by atoms with van der Waals surface area (Å²) in [5.74, 6) is -2.78. The SMILES string of the molecule is C=CCCCC[C@H](c1cc(F)c(F)cc1F)N1CCNCC1. The van der Waals surface area contributed by atoms with Crippen LogP contribution in [0.4, 0.5) is 13.2 Å². The predicted molar refractivity (Wildman–Crippen MR) is 82.2 cm³/mol. The minimum Gasteiger partial charge on any atom is -0.314 e. The van der Waals surface area contributed by atoms with Crippen LogP contribution >= 0.6 is 0 Å². The fraction of sp³-hybridized carbons (Fsp3) is 0.529. The number of benzene rings is 1. The van der Waals surface area contributed by atoms with Gasteiger partial charge in [0, 0.05) is 43.9 Å². The summed E-state index contributed by atoms with van der Waals surface area (Å²) in [6.07, 6.45) is 5.37. The van der Waals surface area contributed by atoms with Gasteiger partial charge in [0.25, 0.3) is 0 Å². The molecule has 0 radical (unpaired) electrons. The Bertz CT molecular complexity index is 499. The number of halogens is 3. The van der Waals surface area contributed by atoms with E-state index in [2.05, 4.69) is 16.8 Å². The minimum absolute atomic E-state index is 0.206. The lowest BCUT2D eigenvalue weighted by atomic mass is 9.97. The molecule has 0 amide bonds. The Kier molecular flexibility index (Phi) is 6.46. The molecule has 1 aromatic rings. The van der Waals surface area contributed by atoms with Crippen LogP contribution in [0, 0.1) is 17.5 Å². The standard InChI is InChI=1S/C17H23F3N2/c1-2-3-4-5-6-17(22-9-7-21-8-10-22)13-11-15(19)16(20)12-14(13)18/h2,11-12,17,21H,1,3-10H2/t17-/m1/s1. The van der Waals surface area contributed by atoms with Gasteiger partial charge < -0.3 is 5.32 Å². The molecular weight excluding hydrogens is 289 g/mol. The van der Waals surface area contributed by atoms with E-state index < -0.39 is 17.5 Å². The third-order valence-corrected chi connectivity index (χ3v) is 4.13. The number of piperazine rings is 1. The summed E-state index contributed by atoms with van der Waals surface area (Å²) in [7, 11) is 0. The zero-order valence-electron chi connectivity index (χ0n) is 12.8. The van der Waals surface area contributed by atoms with Crippen LogP contribution in [0.5, 0.6) is 0 Å². The molecule has 1 atom stereocenters. The molecule has 1 N–H and O–H groups in total. The second-order valence-electron chi connectivity index (χ2n) is 5.66. The van der Waals surface area contributed by atoms with Crippen LogP contribution < -0.4 is 5.32 Å². The number of unbranched alkanes of at least 4 members (excludes halogenated alkanes) is 2. The summed E-state index contributed by atoms with van der Waals surface area (Å²) < 4.78 is 40.9. The summed E-state index contributed by atoms with van der Waals surface area (Å²) in [6, 6.07) is 1.47. The molecule has 0 spiro atoms. The lowest BCUT2D eigenvalue weighted by Crippen LogP contribution is -2.45. The number of rotatable bonds is 7. The molecule has 0 unspecified atom stereocenters. The van der Waals surface area contributed by atoms with Crippen molar-refractivity contribution < 1.29 is 13.2 Å². The molecule has 5 heteroatoms. The number of hydrogen-bond acceptors (Lipinski definition) is 2. The molecule has 0 bridgehead atoms. The Hall–Kier alpha value is -1.33. The van der Waals surface area contributed by atoms with Crippen LogP contribution in [-0.4, -0.2) is 31.1 Å². The molecule has 1 aliphatic rings. The molecule has 1 heterocycles. The monoisotopic (exact) mass is 312 g/mol. The second kappa shape index (κ2) is 8.34. The second-order valence-corrected chi connectivity index (χ2v) is 5.66. The van der Waals surface area contributed by atoms with Crippen LogP contribution in [0.1, 0.15) is 37.3 Å². The molecule has 0 aromatic heterocycles. The van der Waals surface area contributed by atoms with Crippen molar-refractivity contribution in [2.45, 2.75) is 31.7 Å². The maximum atomic E-state index is 14.1. The van der Waals surface area contributed by atoms with Gasteiger partial charge in [-0.2, -0.15) is 0 Å². The zero-order valence-corrected chi connectivity index (χ0v) is 12.8. The first-order chi connectivity index (χ1) is 10.6. The van der Waals surface area contributed by atoms with Crippen LogP contribution in [-0.2, 0) is 0 Å². The quantitative estimate of drug-likeness (QED) is 0.468. The topological polar surface area (TPSA) is 15.3 Å². The van der Waals surface area contributed by atoms with Crippen molar-refractivity contribution in [1.29, 1.82) is 0 Å². The third kappa shape index (κ3) is 4.34. The first-order valence-corrected chi connectivity index (χ1v) is 7.83. The first kappa shape index (κ1) is 17.0. The maximum Gasteiger partial charge on any atom is 0.161 e. The van der Waals surface area contributed by atoms with E-state index in [1.165, 1.54) is 0 Å². The van der Waals surface area contributed by atoms with Gasteiger partial charge in [-0.05, 0) is 25.3 Å². The summed E-state index contributed by atoms with van der Waals surface area (Å²) in [5, 5.41) is 3.25. The van der Waals surface area contributed by atoms with Crippen molar-refractivity contribution >= 4 is 0 Å². The molecule has 2 nitrogen and oxygen atoms in total. The Morgan fingerprint density at radius 3 is 2.45 bits per heavy atom. The molecule has 122 valence electrons. The van der Waals surface area contributed by atoms with E-state index >= 15 is 0 Å². The van der Waals surface area contributed by atoms with Gasteiger partial charge >= 0.3 is 0 Å². The van der Waals surface area contributed by atoms with E-state index in [1.807, 2.05) is 6.08 Å². The predicted octanol–water partition coefficient (Wildman–Crippen LogP) is 3.80. The third-order valence-electron chi connectivity index (χ3n) is 4.13. The fourth-order valence-corrected chi connectivity index (χ4v) is 2.95. The first-order valence-electron chi connectivity index (χ1n) is 7.83. The average molecular weight is 312 g/mol. The van der Waals surface area contributed by atoms with E-state index in [1.54, 1.807) is 0 Å². The Labute approximate surface area is 130 Å². The van der Waals surface area contributed by atoms with Crippen LogP contribution in [0.2, 0.25) is 0 Å². The van der Waals surface area contributed by atoms with Gasteiger partial charge in [-0.15, -0.1) is 6.58 Å². The van der Waals surface area contributed by atoms with Crippen molar-refractivity contribution in [3.8, 4) is 0 Å². The number of nitrogens with one attached hydrogen (secondary N) is 1. The number of nitrogens with zero attached hydrogens (tertiary/aromatic N) is 1. The van der Waals surface area contributed by atoms with E-state index in [4.69, 9.17) is 0 Å². The van der Waals surface area contributed by atoms with Crippen LogP contribution in [0.3, 0.4) is 0 Å². The highest BCUT2D eigenvalue weighted by Gasteiger charge is 2.25. The summed E-state index contributed by atoms with van der Waals surface area (Å²) in [5.41, 5.74) is 0.263. The Balaban J connectivity index is 2.18. The van der Waals surface area contributed by atoms with Gasteiger partial charge in [0.2, 0.25) is 0 Å². The minimum atomic E-state index is -1.13. The number of hydrogen-bond donors (Lipinski definition) is 1. The summed E-state index contributed by atoms with van der Waals surface area (Å²) >= 11 is 0. The molecule has 0 saturated carbocycles. The smallest absolute Gasteiger partial charge is 0.161 e. The van der Waals surface area contributed by atoms with Crippen LogP contribution in [0.25, 0.3) is 0 Å². The van der Waals surface area contributed by atoms with Crippen molar-refractivity contribution in [2.24, 2.45) is 0 Å². The summed E-state index contributed by atoms with van der Waals surface area (Å²) in [6.45, 7) is 6.91. The molecule has 1 fully saturated rings. The highest BCUT2D eigenvalue weighted by molar-refractivity contribution is 5.24.